The number of aliphatic hydroxyl groups is 1. The summed E-state index contributed by atoms with van der Waals surface area (Å²) in [6, 6.07) is 14.9. The van der Waals surface area contributed by atoms with E-state index in [2.05, 4.69) is 0 Å². The van der Waals surface area contributed by atoms with Crippen molar-refractivity contribution in [3.05, 3.63) is 71.3 Å². The van der Waals surface area contributed by atoms with Crippen molar-refractivity contribution in [3.8, 4) is 5.75 Å². The van der Waals surface area contributed by atoms with Gasteiger partial charge in [-0.1, -0.05) is 42.0 Å². The minimum absolute atomic E-state index is 0.146. The molecule has 1 amide bonds. The van der Waals surface area contributed by atoms with Crippen LogP contribution in [-0.4, -0.2) is 36.7 Å². The van der Waals surface area contributed by atoms with Crippen LogP contribution in [0.4, 0.5) is 0 Å². The average molecular weight is 325 g/mol. The summed E-state index contributed by atoms with van der Waals surface area (Å²) in [6.07, 6.45) is 3.30. The molecule has 126 valence electrons. The number of benzene rings is 2. The predicted molar refractivity (Wildman–Crippen MR) is 95.8 cm³/mol. The van der Waals surface area contributed by atoms with Gasteiger partial charge >= 0.3 is 0 Å². The van der Waals surface area contributed by atoms with Crippen molar-refractivity contribution in [3.63, 3.8) is 0 Å². The number of aryl methyl sites for hydroxylation is 1. The molecule has 0 fully saturated rings. The van der Waals surface area contributed by atoms with Gasteiger partial charge in [0.15, 0.2) is 0 Å². The molecule has 2 rings (SSSR count). The first kappa shape index (κ1) is 17.8. The van der Waals surface area contributed by atoms with Crippen molar-refractivity contribution in [2.75, 3.05) is 20.8 Å². The number of hydrogen-bond acceptors (Lipinski definition) is 3. The van der Waals surface area contributed by atoms with E-state index in [0.717, 1.165) is 16.9 Å². The Morgan fingerprint density at radius 2 is 1.79 bits per heavy atom. The number of amides is 1. The van der Waals surface area contributed by atoms with E-state index in [1.54, 1.807) is 20.2 Å². The van der Waals surface area contributed by atoms with Gasteiger partial charge in [0.05, 0.1) is 19.8 Å². The standard InChI is InChI=1S/C20H23NO3/c1-15-4-6-16(7-5-15)8-13-20(23)21(2)19(14-22)17-9-11-18(24-3)12-10-17/h4-13,19,22H,14H2,1-3H3/b13-8+. The summed E-state index contributed by atoms with van der Waals surface area (Å²) in [5, 5.41) is 9.69. The lowest BCUT2D eigenvalue weighted by Crippen LogP contribution is -2.32. The van der Waals surface area contributed by atoms with Crippen LogP contribution in [0.25, 0.3) is 6.08 Å². The number of likely N-dealkylation sites (N-methyl/N-ethyl adjacent to an activating group) is 1. The van der Waals surface area contributed by atoms with E-state index in [4.69, 9.17) is 4.74 Å². The first-order valence-electron chi connectivity index (χ1n) is 7.81. The van der Waals surface area contributed by atoms with E-state index < -0.39 is 6.04 Å². The van der Waals surface area contributed by atoms with E-state index in [1.807, 2.05) is 55.5 Å². The monoisotopic (exact) mass is 325 g/mol. The highest BCUT2D eigenvalue weighted by Gasteiger charge is 2.19. The van der Waals surface area contributed by atoms with E-state index >= 15 is 0 Å². The minimum atomic E-state index is -0.397. The summed E-state index contributed by atoms with van der Waals surface area (Å²) in [7, 11) is 3.29. The molecule has 4 heteroatoms. The van der Waals surface area contributed by atoms with Crippen molar-refractivity contribution in [2.24, 2.45) is 0 Å². The number of rotatable bonds is 6. The molecule has 1 N–H and O–H groups in total. The molecule has 0 aliphatic rings. The molecule has 2 aromatic carbocycles. The highest BCUT2D eigenvalue weighted by molar-refractivity contribution is 5.91. The number of nitrogens with zero attached hydrogens (tertiary/aromatic N) is 1. The molecule has 0 saturated heterocycles. The van der Waals surface area contributed by atoms with Gasteiger partial charge in [-0.15, -0.1) is 0 Å². The van der Waals surface area contributed by atoms with Crippen LogP contribution in [-0.2, 0) is 4.79 Å². The fraction of sp³-hybridized carbons (Fsp3) is 0.250. The predicted octanol–water partition coefficient (Wildman–Crippen LogP) is 3.21. The molecule has 2 aromatic rings. The molecule has 24 heavy (non-hydrogen) atoms. The molecule has 1 atom stereocenters. The average Bonchev–Trinajstić information content (AvgIpc) is 2.62. The SMILES string of the molecule is COc1ccc(C(CO)N(C)C(=O)/C=C/c2ccc(C)cc2)cc1. The lowest BCUT2D eigenvalue weighted by molar-refractivity contribution is -0.127. The second-order valence-corrected chi connectivity index (χ2v) is 5.66. The fourth-order valence-electron chi connectivity index (χ4n) is 2.39. The van der Waals surface area contributed by atoms with E-state index in [0.29, 0.717) is 0 Å². The Balaban J connectivity index is 2.10. The van der Waals surface area contributed by atoms with E-state index in [1.165, 1.54) is 16.5 Å². The van der Waals surface area contributed by atoms with Crippen molar-refractivity contribution in [2.45, 2.75) is 13.0 Å². The van der Waals surface area contributed by atoms with Crippen LogP contribution >= 0.6 is 0 Å². The van der Waals surface area contributed by atoms with Gasteiger partial charge in [-0.2, -0.15) is 0 Å². The van der Waals surface area contributed by atoms with Crippen molar-refractivity contribution >= 4 is 12.0 Å². The third kappa shape index (κ3) is 4.46. The summed E-state index contributed by atoms with van der Waals surface area (Å²) in [5.41, 5.74) is 3.00. The Labute approximate surface area is 143 Å². The zero-order valence-corrected chi connectivity index (χ0v) is 14.3. The van der Waals surface area contributed by atoms with Gasteiger partial charge in [0, 0.05) is 13.1 Å². The van der Waals surface area contributed by atoms with Crippen LogP contribution in [0.15, 0.2) is 54.6 Å². The Morgan fingerprint density at radius 3 is 2.33 bits per heavy atom. The van der Waals surface area contributed by atoms with Gasteiger partial charge in [-0.05, 0) is 36.3 Å². The fourth-order valence-corrected chi connectivity index (χ4v) is 2.39. The van der Waals surface area contributed by atoms with Crippen molar-refractivity contribution in [1.82, 2.24) is 4.90 Å². The van der Waals surface area contributed by atoms with Crippen LogP contribution < -0.4 is 4.74 Å². The topological polar surface area (TPSA) is 49.8 Å². The van der Waals surface area contributed by atoms with Crippen LogP contribution in [0.1, 0.15) is 22.7 Å². The normalized spacial score (nSPS) is 12.2. The first-order valence-corrected chi connectivity index (χ1v) is 7.81. The van der Waals surface area contributed by atoms with Gasteiger partial charge in [-0.25, -0.2) is 0 Å². The van der Waals surface area contributed by atoms with Crippen LogP contribution in [0, 0.1) is 6.92 Å². The highest BCUT2D eigenvalue weighted by Crippen LogP contribution is 2.22. The van der Waals surface area contributed by atoms with Crippen LogP contribution in [0.2, 0.25) is 0 Å². The van der Waals surface area contributed by atoms with Gasteiger partial charge in [0.2, 0.25) is 5.91 Å². The molecule has 0 spiro atoms. The van der Waals surface area contributed by atoms with Crippen LogP contribution in [0.5, 0.6) is 5.75 Å². The largest absolute Gasteiger partial charge is 0.497 e. The summed E-state index contributed by atoms with van der Waals surface area (Å²) in [5.74, 6) is 0.578. The summed E-state index contributed by atoms with van der Waals surface area (Å²) >= 11 is 0. The number of methoxy groups -OCH3 is 1. The Kier molecular flexibility index (Phi) is 6.15. The van der Waals surface area contributed by atoms with Crippen LogP contribution in [0.3, 0.4) is 0 Å². The molecule has 4 nitrogen and oxygen atoms in total. The maximum absolute atomic E-state index is 12.4. The minimum Gasteiger partial charge on any atom is -0.497 e. The molecule has 0 radical (unpaired) electrons. The lowest BCUT2D eigenvalue weighted by atomic mass is 10.1. The second-order valence-electron chi connectivity index (χ2n) is 5.66. The van der Waals surface area contributed by atoms with Gasteiger partial charge in [0.1, 0.15) is 5.75 Å². The zero-order valence-electron chi connectivity index (χ0n) is 14.3. The number of carbonyl (C=O) groups is 1. The van der Waals surface area contributed by atoms with E-state index in [9.17, 15) is 9.90 Å². The maximum Gasteiger partial charge on any atom is 0.246 e. The Bertz CT molecular complexity index is 690. The third-order valence-electron chi connectivity index (χ3n) is 3.98. The summed E-state index contributed by atoms with van der Waals surface area (Å²) in [4.78, 5) is 13.9. The molecule has 0 aromatic heterocycles. The van der Waals surface area contributed by atoms with Gasteiger partial charge in [0.25, 0.3) is 0 Å². The summed E-state index contributed by atoms with van der Waals surface area (Å²) < 4.78 is 5.13. The molecule has 0 heterocycles. The first-order chi connectivity index (χ1) is 11.5. The maximum atomic E-state index is 12.4. The number of aliphatic hydroxyl groups excluding tert-OH is 1. The molecule has 0 aliphatic heterocycles. The third-order valence-corrected chi connectivity index (χ3v) is 3.98. The molecule has 1 unspecified atom stereocenters. The lowest BCUT2D eigenvalue weighted by Gasteiger charge is -2.26. The Hall–Kier alpha value is -2.59. The number of ether oxygens (including phenoxy) is 1. The zero-order chi connectivity index (χ0) is 17.5. The highest BCUT2D eigenvalue weighted by atomic mass is 16.5. The van der Waals surface area contributed by atoms with Gasteiger partial charge < -0.3 is 14.7 Å². The smallest absolute Gasteiger partial charge is 0.246 e. The molecular weight excluding hydrogens is 302 g/mol. The summed E-state index contributed by atoms with van der Waals surface area (Å²) in [6.45, 7) is 1.88. The molecular formula is C20H23NO3. The molecule has 0 saturated carbocycles. The Morgan fingerprint density at radius 1 is 1.17 bits per heavy atom. The van der Waals surface area contributed by atoms with Crippen molar-refractivity contribution < 1.29 is 14.6 Å². The molecule has 0 aliphatic carbocycles. The second kappa shape index (κ2) is 8.31. The van der Waals surface area contributed by atoms with E-state index in [-0.39, 0.29) is 12.5 Å². The quantitative estimate of drug-likeness (QED) is 0.830. The number of hydrogen-bond donors (Lipinski definition) is 1. The molecule has 0 bridgehead atoms. The van der Waals surface area contributed by atoms with Gasteiger partial charge in [-0.3, -0.25) is 4.79 Å². The number of carbonyl (C=O) groups excluding carboxylic acids is 1. The van der Waals surface area contributed by atoms with Crippen molar-refractivity contribution in [1.29, 1.82) is 0 Å².